The number of hydrogen-bond acceptors (Lipinski definition) is 3. The van der Waals surface area contributed by atoms with Gasteiger partial charge in [-0.1, -0.05) is 61.2 Å². The number of fused-ring (bicyclic) bond motifs is 1. The molecule has 0 bridgehead atoms. The zero-order valence-corrected chi connectivity index (χ0v) is 18.8. The van der Waals surface area contributed by atoms with E-state index < -0.39 is 0 Å². The molecule has 1 aliphatic rings. The van der Waals surface area contributed by atoms with E-state index in [1.807, 2.05) is 66.2 Å². The lowest BCUT2D eigenvalue weighted by Crippen LogP contribution is -2.15. The van der Waals surface area contributed by atoms with Crippen molar-refractivity contribution in [3.05, 3.63) is 82.9 Å². The molecule has 1 fully saturated rings. The third-order valence-electron chi connectivity index (χ3n) is 6.42. The van der Waals surface area contributed by atoms with Gasteiger partial charge in [0.15, 0.2) is 0 Å². The number of carbonyl (C=O) groups excluding carboxylic acids is 1. The summed E-state index contributed by atoms with van der Waals surface area (Å²) in [6, 6.07) is 13.4. The van der Waals surface area contributed by atoms with Crippen LogP contribution in [0.3, 0.4) is 0 Å². The highest BCUT2D eigenvalue weighted by Crippen LogP contribution is 2.33. The largest absolute Gasteiger partial charge is 0.319 e. The van der Waals surface area contributed by atoms with Gasteiger partial charge in [-0.3, -0.25) is 9.20 Å². The second kappa shape index (κ2) is 8.75. The van der Waals surface area contributed by atoms with E-state index in [2.05, 4.69) is 15.3 Å². The average Bonchev–Trinajstić information content (AvgIpc) is 3.24. The van der Waals surface area contributed by atoms with Crippen molar-refractivity contribution in [2.24, 2.45) is 0 Å². The third-order valence-corrected chi connectivity index (χ3v) is 6.75. The number of benzene rings is 2. The minimum atomic E-state index is -0.170. The van der Waals surface area contributed by atoms with Crippen LogP contribution in [0.25, 0.3) is 16.9 Å². The van der Waals surface area contributed by atoms with Crippen molar-refractivity contribution in [2.75, 3.05) is 5.32 Å². The Balaban J connectivity index is 1.44. The molecule has 162 valence electrons. The number of hydrogen-bond donors (Lipinski definition) is 1. The van der Waals surface area contributed by atoms with Crippen LogP contribution in [0.4, 0.5) is 5.69 Å². The Morgan fingerprint density at radius 1 is 1.00 bits per heavy atom. The van der Waals surface area contributed by atoms with E-state index in [9.17, 15) is 4.79 Å². The summed E-state index contributed by atoms with van der Waals surface area (Å²) >= 11 is 6.40. The molecule has 1 amide bonds. The zero-order valence-electron chi connectivity index (χ0n) is 18.0. The molecule has 2 heterocycles. The summed E-state index contributed by atoms with van der Waals surface area (Å²) in [4.78, 5) is 22.1. The van der Waals surface area contributed by atoms with Crippen molar-refractivity contribution < 1.29 is 4.79 Å². The summed E-state index contributed by atoms with van der Waals surface area (Å²) in [7, 11) is 0. The van der Waals surface area contributed by atoms with Gasteiger partial charge in [0.25, 0.3) is 5.91 Å². The number of anilines is 1. The minimum Gasteiger partial charge on any atom is -0.319 e. The summed E-state index contributed by atoms with van der Waals surface area (Å²) in [5.74, 6) is 0.999. The summed E-state index contributed by atoms with van der Waals surface area (Å²) in [5, 5.41) is 3.69. The van der Waals surface area contributed by atoms with E-state index in [4.69, 9.17) is 11.6 Å². The molecule has 6 heteroatoms. The van der Waals surface area contributed by atoms with E-state index in [-0.39, 0.29) is 5.91 Å². The number of nitrogens with zero attached hydrogens (tertiary/aromatic N) is 3. The number of nitrogens with one attached hydrogen (secondary N) is 1. The second-order valence-electron chi connectivity index (χ2n) is 8.44. The van der Waals surface area contributed by atoms with E-state index >= 15 is 0 Å². The lowest BCUT2D eigenvalue weighted by atomic mass is 9.87. The molecule has 32 heavy (non-hydrogen) atoms. The van der Waals surface area contributed by atoms with Gasteiger partial charge >= 0.3 is 0 Å². The van der Waals surface area contributed by atoms with E-state index in [0.717, 1.165) is 16.7 Å². The van der Waals surface area contributed by atoms with Crippen LogP contribution in [-0.4, -0.2) is 20.3 Å². The smallest absolute Gasteiger partial charge is 0.256 e. The number of aromatic nitrogens is 3. The molecule has 0 aliphatic heterocycles. The molecule has 1 aliphatic carbocycles. The van der Waals surface area contributed by atoms with Crippen molar-refractivity contribution in [3.8, 4) is 11.1 Å². The number of rotatable bonds is 4. The fourth-order valence-electron chi connectivity index (χ4n) is 4.71. The highest BCUT2D eigenvalue weighted by molar-refractivity contribution is 6.33. The Morgan fingerprint density at radius 2 is 1.75 bits per heavy atom. The zero-order chi connectivity index (χ0) is 22.1. The van der Waals surface area contributed by atoms with Crippen LogP contribution in [0.1, 0.15) is 59.6 Å². The van der Waals surface area contributed by atoms with Gasteiger partial charge < -0.3 is 5.32 Å². The molecule has 5 rings (SSSR count). The predicted molar refractivity (Wildman–Crippen MR) is 128 cm³/mol. The lowest BCUT2D eigenvalue weighted by molar-refractivity contribution is 0.102. The molecule has 1 saturated carbocycles. The molecular formula is C26H25ClN4O. The fraction of sp³-hybridized carbons (Fsp3) is 0.269. The van der Waals surface area contributed by atoms with Crippen molar-refractivity contribution in [3.63, 3.8) is 0 Å². The van der Waals surface area contributed by atoms with Gasteiger partial charge in [0, 0.05) is 34.0 Å². The molecule has 0 saturated heterocycles. The summed E-state index contributed by atoms with van der Waals surface area (Å²) in [5.41, 5.74) is 5.20. The Bertz CT molecular complexity index is 1290. The quantitative estimate of drug-likeness (QED) is 0.383. The molecule has 4 aromatic rings. The number of carbonyl (C=O) groups is 1. The Morgan fingerprint density at radius 3 is 2.56 bits per heavy atom. The van der Waals surface area contributed by atoms with Gasteiger partial charge in [0.2, 0.25) is 5.78 Å². The molecule has 0 spiro atoms. The van der Waals surface area contributed by atoms with Gasteiger partial charge in [0.05, 0.1) is 18.1 Å². The second-order valence-corrected chi connectivity index (χ2v) is 8.85. The van der Waals surface area contributed by atoms with Crippen molar-refractivity contribution in [1.29, 1.82) is 0 Å². The average molecular weight is 445 g/mol. The molecule has 0 atom stereocenters. The van der Waals surface area contributed by atoms with Crippen LogP contribution in [-0.2, 0) is 0 Å². The maximum absolute atomic E-state index is 13.2. The van der Waals surface area contributed by atoms with Gasteiger partial charge in [0.1, 0.15) is 0 Å². The van der Waals surface area contributed by atoms with Crippen LogP contribution < -0.4 is 5.32 Å². The van der Waals surface area contributed by atoms with Crippen LogP contribution in [0, 0.1) is 6.92 Å². The first-order valence-electron chi connectivity index (χ1n) is 11.1. The first-order chi connectivity index (χ1) is 15.6. The summed E-state index contributed by atoms with van der Waals surface area (Å²) in [6.07, 6.45) is 11.7. The Hall–Kier alpha value is -3.18. The Kier molecular flexibility index (Phi) is 5.66. The van der Waals surface area contributed by atoms with E-state index in [1.165, 1.54) is 37.8 Å². The molecule has 0 radical (unpaired) electrons. The van der Waals surface area contributed by atoms with E-state index in [1.54, 1.807) is 6.20 Å². The van der Waals surface area contributed by atoms with Gasteiger partial charge in [-0.15, -0.1) is 0 Å². The number of amides is 1. The van der Waals surface area contributed by atoms with E-state index in [0.29, 0.717) is 28.0 Å². The van der Waals surface area contributed by atoms with Crippen molar-refractivity contribution in [2.45, 2.75) is 44.9 Å². The van der Waals surface area contributed by atoms with Gasteiger partial charge in [-0.05, 0) is 43.0 Å². The normalized spacial score (nSPS) is 14.6. The van der Waals surface area contributed by atoms with Crippen molar-refractivity contribution in [1.82, 2.24) is 14.4 Å². The van der Waals surface area contributed by atoms with Crippen LogP contribution >= 0.6 is 11.6 Å². The SMILES string of the molecule is Cc1c(C(=O)Nc2cnc3ncc(C4CCCCC4)n3c2)cccc1-c1ccccc1Cl. The van der Waals surface area contributed by atoms with Crippen LogP contribution in [0.15, 0.2) is 61.1 Å². The predicted octanol–water partition coefficient (Wildman–Crippen LogP) is 6.66. The van der Waals surface area contributed by atoms with Crippen LogP contribution in [0.2, 0.25) is 5.02 Å². The molecule has 1 N–H and O–H groups in total. The highest BCUT2D eigenvalue weighted by atomic mass is 35.5. The highest BCUT2D eigenvalue weighted by Gasteiger charge is 2.20. The lowest BCUT2D eigenvalue weighted by Gasteiger charge is -2.21. The minimum absolute atomic E-state index is 0.170. The standard InChI is InChI=1S/C26H25ClN4O/c1-17-20(22-10-5-6-13-23(22)27)11-7-12-21(17)25(32)30-19-14-28-26-29-15-24(31(26)16-19)18-8-3-2-4-9-18/h5-7,10-16,18H,2-4,8-9H2,1H3,(H,30,32). The molecular weight excluding hydrogens is 420 g/mol. The number of imidazole rings is 1. The molecule has 0 unspecified atom stereocenters. The maximum atomic E-state index is 13.2. The summed E-state index contributed by atoms with van der Waals surface area (Å²) in [6.45, 7) is 1.95. The fourth-order valence-corrected chi connectivity index (χ4v) is 4.95. The van der Waals surface area contributed by atoms with Crippen LogP contribution in [0.5, 0.6) is 0 Å². The molecule has 2 aromatic carbocycles. The Labute approximate surface area is 192 Å². The first kappa shape index (κ1) is 20.7. The third kappa shape index (κ3) is 3.89. The van der Waals surface area contributed by atoms with Crippen molar-refractivity contribution >= 4 is 29.0 Å². The first-order valence-corrected chi connectivity index (χ1v) is 11.5. The number of halogens is 1. The molecule has 5 nitrogen and oxygen atoms in total. The summed E-state index contributed by atoms with van der Waals surface area (Å²) < 4.78 is 2.03. The monoisotopic (exact) mass is 444 g/mol. The van der Waals surface area contributed by atoms with Gasteiger partial charge in [-0.2, -0.15) is 0 Å². The maximum Gasteiger partial charge on any atom is 0.256 e. The van der Waals surface area contributed by atoms with Gasteiger partial charge in [-0.25, -0.2) is 9.97 Å². The topological polar surface area (TPSA) is 59.3 Å². The molecule has 2 aromatic heterocycles.